The second-order valence-corrected chi connectivity index (χ2v) is 10.8. The summed E-state index contributed by atoms with van der Waals surface area (Å²) in [5, 5.41) is 0. The molecule has 1 heterocycles. The van der Waals surface area contributed by atoms with Crippen LogP contribution in [0.25, 0.3) is 0 Å². The van der Waals surface area contributed by atoms with Crippen LogP contribution >= 0.6 is 12.4 Å². The molecule has 5 rings (SSSR count). The number of nitrogens with zero attached hydrogens (tertiary/aromatic N) is 1. The number of hydrogen-bond acceptors (Lipinski definition) is 3. The van der Waals surface area contributed by atoms with Crippen molar-refractivity contribution < 1.29 is 9.53 Å². The standard InChI is InChI=1S/C36H39NO2.ClH/c1-30(38)39-29-25-35(31-14-6-2-7-15-31)22-26-37(27-23-35)28-24-36(32-16-8-3-9-17-32,33-18-10-4-11-19-33)34-20-12-5-13-21-34;/h2-21H,22-29H2,1H3;1H. The van der Waals surface area contributed by atoms with Gasteiger partial charge in [-0.05, 0) is 67.6 Å². The smallest absolute Gasteiger partial charge is 0.302 e. The first-order chi connectivity index (χ1) is 19.1. The average Bonchev–Trinajstić information content (AvgIpc) is 3.00. The number of carbonyl (C=O) groups is 1. The number of esters is 1. The van der Waals surface area contributed by atoms with E-state index in [-0.39, 0.29) is 29.2 Å². The van der Waals surface area contributed by atoms with E-state index in [1.807, 2.05) is 0 Å². The third-order valence-corrected chi connectivity index (χ3v) is 8.69. The number of benzene rings is 4. The van der Waals surface area contributed by atoms with E-state index in [0.29, 0.717) is 6.61 Å². The van der Waals surface area contributed by atoms with Crippen molar-refractivity contribution in [2.24, 2.45) is 0 Å². The molecule has 0 radical (unpaired) electrons. The van der Waals surface area contributed by atoms with Crippen molar-refractivity contribution in [1.82, 2.24) is 4.90 Å². The molecule has 4 aromatic rings. The minimum atomic E-state index is -0.229. The predicted octanol–water partition coefficient (Wildman–Crippen LogP) is 7.82. The second kappa shape index (κ2) is 13.8. The molecule has 4 aromatic carbocycles. The SMILES string of the molecule is CC(=O)OCCC1(c2ccccc2)CCN(CCC(c2ccccc2)(c2ccccc2)c2ccccc2)CC1.Cl. The van der Waals surface area contributed by atoms with Crippen LogP contribution in [0.3, 0.4) is 0 Å². The number of ether oxygens (including phenoxy) is 1. The summed E-state index contributed by atoms with van der Waals surface area (Å²) in [4.78, 5) is 14.1. The zero-order valence-electron chi connectivity index (χ0n) is 23.4. The van der Waals surface area contributed by atoms with Crippen LogP contribution in [0.15, 0.2) is 121 Å². The molecule has 0 aliphatic carbocycles. The highest BCUT2D eigenvalue weighted by Gasteiger charge is 2.39. The van der Waals surface area contributed by atoms with E-state index in [4.69, 9.17) is 4.74 Å². The maximum absolute atomic E-state index is 11.5. The number of likely N-dealkylation sites (tertiary alicyclic amines) is 1. The molecule has 4 heteroatoms. The fraction of sp³-hybridized carbons (Fsp3) is 0.306. The lowest BCUT2D eigenvalue weighted by Gasteiger charge is -2.44. The first-order valence-corrected chi connectivity index (χ1v) is 14.2. The highest BCUT2D eigenvalue weighted by Crippen LogP contribution is 2.43. The van der Waals surface area contributed by atoms with Gasteiger partial charge in [0, 0.05) is 17.8 Å². The van der Waals surface area contributed by atoms with E-state index < -0.39 is 0 Å². The van der Waals surface area contributed by atoms with Gasteiger partial charge in [-0.25, -0.2) is 0 Å². The predicted molar refractivity (Wildman–Crippen MR) is 166 cm³/mol. The van der Waals surface area contributed by atoms with E-state index in [9.17, 15) is 4.79 Å². The molecule has 1 aliphatic rings. The zero-order chi connectivity index (χ0) is 27.0. The molecule has 0 bridgehead atoms. The van der Waals surface area contributed by atoms with Crippen LogP contribution in [0, 0.1) is 0 Å². The Morgan fingerprint density at radius 2 is 1.15 bits per heavy atom. The lowest BCUT2D eigenvalue weighted by molar-refractivity contribution is -0.141. The van der Waals surface area contributed by atoms with Crippen LogP contribution in [0.4, 0.5) is 0 Å². The van der Waals surface area contributed by atoms with Gasteiger partial charge in [0.2, 0.25) is 0 Å². The molecule has 0 saturated carbocycles. The van der Waals surface area contributed by atoms with Crippen molar-refractivity contribution in [3.63, 3.8) is 0 Å². The maximum atomic E-state index is 11.5. The number of rotatable bonds is 10. The molecular formula is C36H40ClNO2. The number of piperidine rings is 1. The molecule has 0 unspecified atom stereocenters. The molecule has 1 saturated heterocycles. The highest BCUT2D eigenvalue weighted by molar-refractivity contribution is 5.85. The van der Waals surface area contributed by atoms with Crippen LogP contribution in [0.1, 0.15) is 54.9 Å². The number of carbonyl (C=O) groups excluding carboxylic acids is 1. The molecule has 1 aliphatic heterocycles. The summed E-state index contributed by atoms with van der Waals surface area (Å²) < 4.78 is 5.40. The molecule has 0 N–H and O–H groups in total. The topological polar surface area (TPSA) is 29.5 Å². The Bertz CT molecular complexity index is 1210. The monoisotopic (exact) mass is 553 g/mol. The van der Waals surface area contributed by atoms with Gasteiger partial charge in [-0.15, -0.1) is 12.4 Å². The van der Waals surface area contributed by atoms with Crippen LogP contribution in [-0.2, 0) is 20.4 Å². The van der Waals surface area contributed by atoms with Crippen molar-refractivity contribution in [2.45, 2.75) is 43.4 Å². The minimum Gasteiger partial charge on any atom is -0.466 e. The van der Waals surface area contributed by atoms with E-state index in [1.165, 1.54) is 29.2 Å². The summed E-state index contributed by atoms with van der Waals surface area (Å²) in [6, 6.07) is 43.8. The largest absolute Gasteiger partial charge is 0.466 e. The third-order valence-electron chi connectivity index (χ3n) is 8.69. The molecule has 0 aromatic heterocycles. The molecule has 0 amide bonds. The van der Waals surface area contributed by atoms with E-state index in [1.54, 1.807) is 0 Å². The Labute approximate surface area is 245 Å². The summed E-state index contributed by atoms with van der Waals surface area (Å²) in [6.07, 6.45) is 3.99. The number of hydrogen-bond donors (Lipinski definition) is 0. The van der Waals surface area contributed by atoms with E-state index in [2.05, 4.69) is 126 Å². The van der Waals surface area contributed by atoms with Crippen molar-refractivity contribution in [1.29, 1.82) is 0 Å². The Kier molecular flexibility index (Phi) is 10.2. The first-order valence-electron chi connectivity index (χ1n) is 14.2. The summed E-state index contributed by atoms with van der Waals surface area (Å²) in [7, 11) is 0. The summed E-state index contributed by atoms with van der Waals surface area (Å²) >= 11 is 0. The molecule has 3 nitrogen and oxygen atoms in total. The van der Waals surface area contributed by atoms with Crippen molar-refractivity contribution in [3.05, 3.63) is 144 Å². The lowest BCUT2D eigenvalue weighted by atomic mass is 9.67. The van der Waals surface area contributed by atoms with Gasteiger partial charge < -0.3 is 9.64 Å². The summed E-state index contributed by atoms with van der Waals surface area (Å²) in [6.45, 7) is 5.04. The summed E-state index contributed by atoms with van der Waals surface area (Å²) in [5.74, 6) is -0.199. The Hall–Kier alpha value is -3.40. The van der Waals surface area contributed by atoms with Gasteiger partial charge in [-0.2, -0.15) is 0 Å². The highest BCUT2D eigenvalue weighted by atomic mass is 35.5. The van der Waals surface area contributed by atoms with Crippen molar-refractivity contribution in [3.8, 4) is 0 Å². The first kappa shape index (κ1) is 29.6. The second-order valence-electron chi connectivity index (χ2n) is 10.8. The molecule has 0 atom stereocenters. The maximum Gasteiger partial charge on any atom is 0.302 e. The average molecular weight is 554 g/mol. The molecule has 208 valence electrons. The zero-order valence-corrected chi connectivity index (χ0v) is 24.2. The Morgan fingerprint density at radius 1 is 0.725 bits per heavy atom. The summed E-state index contributed by atoms with van der Waals surface area (Å²) in [5.41, 5.74) is 5.18. The Balaban J connectivity index is 0.00000370. The molecule has 40 heavy (non-hydrogen) atoms. The number of halogens is 1. The normalized spacial score (nSPS) is 15.1. The van der Waals surface area contributed by atoms with Gasteiger partial charge in [0.05, 0.1) is 6.61 Å². The third kappa shape index (κ3) is 6.49. The molecular weight excluding hydrogens is 514 g/mol. The van der Waals surface area contributed by atoms with E-state index in [0.717, 1.165) is 45.3 Å². The van der Waals surface area contributed by atoms with Gasteiger partial charge in [-0.1, -0.05) is 121 Å². The fourth-order valence-electron chi connectivity index (χ4n) is 6.50. The van der Waals surface area contributed by atoms with E-state index >= 15 is 0 Å². The van der Waals surface area contributed by atoms with Crippen LogP contribution in [0.2, 0.25) is 0 Å². The van der Waals surface area contributed by atoms with Crippen molar-refractivity contribution in [2.75, 3.05) is 26.2 Å². The lowest BCUT2D eigenvalue weighted by Crippen LogP contribution is -2.45. The fourth-order valence-corrected chi connectivity index (χ4v) is 6.50. The van der Waals surface area contributed by atoms with Crippen LogP contribution < -0.4 is 0 Å². The van der Waals surface area contributed by atoms with Gasteiger partial charge in [0.15, 0.2) is 0 Å². The van der Waals surface area contributed by atoms with Gasteiger partial charge >= 0.3 is 5.97 Å². The van der Waals surface area contributed by atoms with Crippen LogP contribution in [0.5, 0.6) is 0 Å². The molecule has 0 spiro atoms. The minimum absolute atomic E-state index is 0. The van der Waals surface area contributed by atoms with Gasteiger partial charge in [-0.3, -0.25) is 4.79 Å². The van der Waals surface area contributed by atoms with Crippen LogP contribution in [-0.4, -0.2) is 37.1 Å². The quantitative estimate of drug-likeness (QED) is 0.148. The molecule has 1 fully saturated rings. The van der Waals surface area contributed by atoms with Crippen molar-refractivity contribution >= 4 is 18.4 Å². The van der Waals surface area contributed by atoms with Gasteiger partial charge in [0.25, 0.3) is 0 Å². The Morgan fingerprint density at radius 3 is 1.57 bits per heavy atom. The van der Waals surface area contributed by atoms with Gasteiger partial charge in [0.1, 0.15) is 0 Å².